The summed E-state index contributed by atoms with van der Waals surface area (Å²) in [6.07, 6.45) is -3.87. The second-order valence-corrected chi connectivity index (χ2v) is 7.77. The van der Waals surface area contributed by atoms with Gasteiger partial charge in [-0.3, -0.25) is 18.6 Å². The van der Waals surface area contributed by atoms with Crippen LogP contribution in [-0.4, -0.2) is 43.6 Å². The minimum Gasteiger partial charge on any atom is -0.318 e. The summed E-state index contributed by atoms with van der Waals surface area (Å²) in [5.41, 5.74) is 3.37. The van der Waals surface area contributed by atoms with Gasteiger partial charge in [-0.15, -0.1) is 0 Å². The van der Waals surface area contributed by atoms with Gasteiger partial charge in [-0.05, 0) is 25.0 Å². The van der Waals surface area contributed by atoms with Crippen LogP contribution in [0.3, 0.4) is 0 Å². The molecule has 0 atom stereocenters. The van der Waals surface area contributed by atoms with E-state index in [0.29, 0.717) is 32.6 Å². The lowest BCUT2D eigenvalue weighted by Gasteiger charge is -2.31. The highest BCUT2D eigenvalue weighted by molar-refractivity contribution is 7.46. The van der Waals surface area contributed by atoms with Crippen LogP contribution in [-0.2, 0) is 22.0 Å². The Morgan fingerprint density at radius 2 is 1.89 bits per heavy atom. The third kappa shape index (κ3) is 4.17. The van der Waals surface area contributed by atoms with E-state index in [1.807, 2.05) is 4.90 Å². The molecular weight excluding hydrogens is 404 g/mol. The summed E-state index contributed by atoms with van der Waals surface area (Å²) in [6, 6.07) is 2.81. The van der Waals surface area contributed by atoms with Crippen LogP contribution in [0.4, 0.5) is 13.2 Å². The Morgan fingerprint density at radius 3 is 2.43 bits per heavy atom. The standard InChI is InChI=1S/C15H20F3N4O5P/c16-15(17,18)11-2-1-3-12-13(11)22(10-4-6-20(8-19)7-5-10)14(23)21(12)9-27-28(24,25)26/h1-3,10H,4-9,19H2,(H2,24,25,26). The first kappa shape index (κ1) is 21.0. The van der Waals surface area contributed by atoms with Crippen LogP contribution in [0.1, 0.15) is 24.4 Å². The Bertz CT molecular complexity index is 959. The number of imidazole rings is 1. The highest BCUT2D eigenvalue weighted by Crippen LogP contribution is 2.39. The molecule has 0 radical (unpaired) electrons. The molecule has 0 bridgehead atoms. The lowest BCUT2D eigenvalue weighted by Crippen LogP contribution is -2.40. The third-order valence-electron chi connectivity index (χ3n) is 4.82. The van der Waals surface area contributed by atoms with Crippen LogP contribution in [0.15, 0.2) is 23.0 Å². The van der Waals surface area contributed by atoms with Crippen molar-refractivity contribution in [1.82, 2.24) is 14.0 Å². The average molecular weight is 424 g/mol. The summed E-state index contributed by atoms with van der Waals surface area (Å²) in [5, 5.41) is 0. The number of piperidine rings is 1. The van der Waals surface area contributed by atoms with E-state index >= 15 is 0 Å². The molecule has 1 aromatic heterocycles. The van der Waals surface area contributed by atoms with E-state index in [4.69, 9.17) is 15.5 Å². The van der Waals surface area contributed by atoms with Gasteiger partial charge >= 0.3 is 19.7 Å². The molecule has 9 nitrogen and oxygen atoms in total. The number of alkyl halides is 3. The van der Waals surface area contributed by atoms with E-state index in [-0.39, 0.29) is 11.0 Å². The molecule has 28 heavy (non-hydrogen) atoms. The topological polar surface area (TPSA) is 123 Å². The summed E-state index contributed by atoms with van der Waals surface area (Å²) in [5.74, 6) is 0. The number of para-hydroxylation sites is 1. The van der Waals surface area contributed by atoms with E-state index < -0.39 is 38.0 Å². The fraction of sp³-hybridized carbons (Fsp3) is 0.533. The van der Waals surface area contributed by atoms with Crippen LogP contribution in [0.25, 0.3) is 11.0 Å². The van der Waals surface area contributed by atoms with Gasteiger partial charge in [-0.2, -0.15) is 13.2 Å². The molecule has 0 spiro atoms. The first-order valence-corrected chi connectivity index (χ1v) is 9.99. The molecule has 1 aliphatic rings. The van der Waals surface area contributed by atoms with Crippen LogP contribution in [0.2, 0.25) is 0 Å². The number of aromatic nitrogens is 2. The number of nitrogens with two attached hydrogens (primary N) is 1. The molecule has 0 saturated carbocycles. The van der Waals surface area contributed by atoms with Crippen LogP contribution >= 0.6 is 7.82 Å². The third-order valence-corrected chi connectivity index (χ3v) is 5.28. The summed E-state index contributed by atoms with van der Waals surface area (Å²) < 4.78 is 58.0. The van der Waals surface area contributed by atoms with Crippen molar-refractivity contribution in [2.45, 2.75) is 31.8 Å². The molecule has 156 valence electrons. The van der Waals surface area contributed by atoms with Gasteiger partial charge in [0.1, 0.15) is 6.73 Å². The summed E-state index contributed by atoms with van der Waals surface area (Å²) in [6.45, 7) is 0.490. The molecule has 13 heteroatoms. The number of rotatable bonds is 5. The van der Waals surface area contributed by atoms with Crippen LogP contribution < -0.4 is 11.4 Å². The highest BCUT2D eigenvalue weighted by Gasteiger charge is 2.37. The molecule has 0 unspecified atom stereocenters. The van der Waals surface area contributed by atoms with Gasteiger partial charge in [-0.25, -0.2) is 9.36 Å². The van der Waals surface area contributed by atoms with Gasteiger partial charge in [-0.1, -0.05) is 6.07 Å². The predicted molar refractivity (Wildman–Crippen MR) is 93.2 cm³/mol. The largest absolute Gasteiger partial charge is 0.471 e. The summed E-state index contributed by atoms with van der Waals surface area (Å²) >= 11 is 0. The zero-order valence-corrected chi connectivity index (χ0v) is 15.6. The summed E-state index contributed by atoms with van der Waals surface area (Å²) in [4.78, 5) is 32.7. The van der Waals surface area contributed by atoms with E-state index in [1.54, 1.807) is 0 Å². The van der Waals surface area contributed by atoms with Gasteiger partial charge in [0.25, 0.3) is 0 Å². The number of fused-ring (bicyclic) bond motifs is 1. The molecule has 2 aromatic rings. The zero-order chi connectivity index (χ0) is 20.7. The van der Waals surface area contributed by atoms with Crippen molar-refractivity contribution >= 4 is 18.9 Å². The Labute approximate surface area is 157 Å². The van der Waals surface area contributed by atoms with E-state index in [0.717, 1.165) is 21.3 Å². The first-order valence-electron chi connectivity index (χ1n) is 8.46. The second-order valence-electron chi connectivity index (χ2n) is 6.53. The SMILES string of the molecule is NCN1CCC(n2c(=O)n(COP(=O)(O)O)c3cccc(C(F)(F)F)c32)CC1. The van der Waals surface area contributed by atoms with Crippen molar-refractivity contribution in [1.29, 1.82) is 0 Å². The number of hydrogen-bond donors (Lipinski definition) is 3. The second kappa shape index (κ2) is 7.62. The number of nitrogens with zero attached hydrogens (tertiary/aromatic N) is 3. The maximum Gasteiger partial charge on any atom is 0.471 e. The minimum absolute atomic E-state index is 0.102. The van der Waals surface area contributed by atoms with Crippen molar-refractivity contribution < 1.29 is 32.0 Å². The Hall–Kier alpha value is -1.69. The van der Waals surface area contributed by atoms with Crippen molar-refractivity contribution in [2.24, 2.45) is 5.73 Å². The predicted octanol–water partition coefficient (Wildman–Crippen LogP) is 1.44. The Balaban J connectivity index is 2.17. The van der Waals surface area contributed by atoms with Crippen LogP contribution in [0, 0.1) is 0 Å². The fourth-order valence-corrected chi connectivity index (χ4v) is 3.78. The van der Waals surface area contributed by atoms with Crippen molar-refractivity contribution in [3.05, 3.63) is 34.2 Å². The lowest BCUT2D eigenvalue weighted by atomic mass is 10.0. The van der Waals surface area contributed by atoms with Crippen molar-refractivity contribution in [2.75, 3.05) is 19.8 Å². The van der Waals surface area contributed by atoms with Gasteiger partial charge in [0.2, 0.25) is 0 Å². The Kier molecular flexibility index (Phi) is 5.72. The number of phosphoric acid groups is 1. The molecule has 2 heterocycles. The maximum atomic E-state index is 13.6. The molecule has 3 rings (SSSR count). The average Bonchev–Trinajstić information content (AvgIpc) is 2.90. The monoisotopic (exact) mass is 424 g/mol. The molecular formula is C15H20F3N4O5P. The van der Waals surface area contributed by atoms with Crippen molar-refractivity contribution in [3.8, 4) is 0 Å². The fourth-order valence-electron chi connectivity index (χ4n) is 3.52. The van der Waals surface area contributed by atoms with Gasteiger partial charge < -0.3 is 15.5 Å². The smallest absolute Gasteiger partial charge is 0.318 e. The number of halogens is 3. The number of hydrogen-bond acceptors (Lipinski definition) is 5. The van der Waals surface area contributed by atoms with E-state index in [1.165, 1.54) is 6.07 Å². The van der Waals surface area contributed by atoms with Crippen LogP contribution in [0.5, 0.6) is 0 Å². The molecule has 1 aliphatic heterocycles. The summed E-state index contributed by atoms with van der Waals surface area (Å²) in [7, 11) is -4.92. The lowest BCUT2D eigenvalue weighted by molar-refractivity contribution is -0.136. The Morgan fingerprint density at radius 1 is 1.25 bits per heavy atom. The van der Waals surface area contributed by atoms with Crippen molar-refractivity contribution in [3.63, 3.8) is 0 Å². The molecule has 1 aromatic carbocycles. The molecule has 4 N–H and O–H groups in total. The molecule has 0 aliphatic carbocycles. The minimum atomic E-state index is -4.92. The first-order chi connectivity index (χ1) is 13.0. The van der Waals surface area contributed by atoms with E-state index in [9.17, 15) is 22.5 Å². The number of likely N-dealkylation sites (tertiary alicyclic amines) is 1. The number of benzene rings is 1. The normalized spacial score (nSPS) is 17.5. The van der Waals surface area contributed by atoms with Gasteiger partial charge in [0, 0.05) is 25.8 Å². The molecule has 1 fully saturated rings. The van der Waals surface area contributed by atoms with Gasteiger partial charge in [0.05, 0.1) is 16.6 Å². The zero-order valence-electron chi connectivity index (χ0n) is 14.7. The number of phosphoric ester groups is 1. The molecule has 0 amide bonds. The van der Waals surface area contributed by atoms with E-state index in [2.05, 4.69) is 4.52 Å². The highest BCUT2D eigenvalue weighted by atomic mass is 31.2. The maximum absolute atomic E-state index is 13.6. The molecule has 1 saturated heterocycles. The van der Waals surface area contributed by atoms with Gasteiger partial charge in [0.15, 0.2) is 0 Å². The quantitative estimate of drug-likeness (QED) is 0.621.